The molecule has 1 nitrogen and oxygen atoms in total. The van der Waals surface area contributed by atoms with Gasteiger partial charge in [-0.2, -0.15) is 0 Å². The standard InChI is InChI=1S/C16H12FIO/c1-11-2-4-12(5-3-11)6-9-16(19)14-8-7-13(17)10-15(14)18/h2-10H,1H3/b9-6+. The number of carbonyl (C=O) groups is 1. The van der Waals surface area contributed by atoms with Crippen molar-refractivity contribution in [2.45, 2.75) is 6.92 Å². The Morgan fingerprint density at radius 1 is 1.16 bits per heavy atom. The Kier molecular flexibility index (Phi) is 4.47. The molecule has 0 unspecified atom stereocenters. The summed E-state index contributed by atoms with van der Waals surface area (Å²) >= 11 is 1.97. The zero-order valence-electron chi connectivity index (χ0n) is 10.4. The molecule has 3 heteroatoms. The van der Waals surface area contributed by atoms with E-state index in [1.165, 1.54) is 29.8 Å². The summed E-state index contributed by atoms with van der Waals surface area (Å²) in [6, 6.07) is 12.1. The summed E-state index contributed by atoms with van der Waals surface area (Å²) in [6.07, 6.45) is 3.28. The van der Waals surface area contributed by atoms with Gasteiger partial charge in [-0.1, -0.05) is 35.9 Å². The Balaban J connectivity index is 2.18. The SMILES string of the molecule is Cc1ccc(/C=C/C(=O)c2ccc(F)cc2I)cc1. The number of aryl methyl sites for hydroxylation is 1. The molecule has 2 rings (SSSR count). The van der Waals surface area contributed by atoms with Gasteiger partial charge < -0.3 is 0 Å². The lowest BCUT2D eigenvalue weighted by molar-refractivity contribution is 0.104. The van der Waals surface area contributed by atoms with Crippen molar-refractivity contribution < 1.29 is 9.18 Å². The van der Waals surface area contributed by atoms with Crippen LogP contribution in [-0.2, 0) is 0 Å². The lowest BCUT2D eigenvalue weighted by Gasteiger charge is -2.00. The normalized spacial score (nSPS) is 10.9. The van der Waals surface area contributed by atoms with Crippen molar-refractivity contribution in [2.24, 2.45) is 0 Å². The number of allylic oxidation sites excluding steroid dienone is 1. The smallest absolute Gasteiger partial charge is 0.186 e. The molecule has 0 aliphatic rings. The fraction of sp³-hybridized carbons (Fsp3) is 0.0625. The first-order valence-corrected chi connectivity index (χ1v) is 6.88. The molecular formula is C16H12FIO. The Morgan fingerprint density at radius 3 is 2.47 bits per heavy atom. The monoisotopic (exact) mass is 366 g/mol. The molecule has 0 amide bonds. The third kappa shape index (κ3) is 3.73. The lowest BCUT2D eigenvalue weighted by Crippen LogP contribution is -1.98. The molecular weight excluding hydrogens is 354 g/mol. The molecule has 0 bridgehead atoms. The van der Waals surface area contributed by atoms with Crippen molar-refractivity contribution in [1.82, 2.24) is 0 Å². The third-order valence-corrected chi connectivity index (χ3v) is 3.59. The molecule has 0 radical (unpaired) electrons. The number of hydrogen-bond donors (Lipinski definition) is 0. The van der Waals surface area contributed by atoms with E-state index in [0.29, 0.717) is 9.13 Å². The molecule has 0 heterocycles. The van der Waals surface area contributed by atoms with Gasteiger partial charge in [-0.05, 0) is 59.4 Å². The van der Waals surface area contributed by atoms with E-state index >= 15 is 0 Å². The largest absolute Gasteiger partial charge is 0.289 e. The molecule has 0 aliphatic heterocycles. The number of ketones is 1. The highest BCUT2D eigenvalue weighted by atomic mass is 127. The van der Waals surface area contributed by atoms with Gasteiger partial charge in [0.05, 0.1) is 0 Å². The summed E-state index contributed by atoms with van der Waals surface area (Å²) in [5.41, 5.74) is 2.66. The van der Waals surface area contributed by atoms with Gasteiger partial charge in [-0.15, -0.1) is 0 Å². The van der Waals surface area contributed by atoms with Crippen LogP contribution < -0.4 is 0 Å². The first-order valence-electron chi connectivity index (χ1n) is 5.80. The molecule has 0 aliphatic carbocycles. The van der Waals surface area contributed by atoms with E-state index in [-0.39, 0.29) is 11.6 Å². The molecule has 0 saturated carbocycles. The first-order chi connectivity index (χ1) is 9.06. The molecule has 19 heavy (non-hydrogen) atoms. The molecule has 96 valence electrons. The third-order valence-electron chi connectivity index (χ3n) is 2.70. The number of halogens is 2. The van der Waals surface area contributed by atoms with Gasteiger partial charge in [-0.3, -0.25) is 4.79 Å². The van der Waals surface area contributed by atoms with E-state index in [4.69, 9.17) is 0 Å². The van der Waals surface area contributed by atoms with Gasteiger partial charge in [0.25, 0.3) is 0 Å². The van der Waals surface area contributed by atoms with E-state index in [0.717, 1.165) is 5.56 Å². The zero-order chi connectivity index (χ0) is 13.8. The zero-order valence-corrected chi connectivity index (χ0v) is 12.5. The van der Waals surface area contributed by atoms with Crippen LogP contribution in [-0.4, -0.2) is 5.78 Å². The molecule has 0 N–H and O–H groups in total. The maximum absolute atomic E-state index is 13.0. The van der Waals surface area contributed by atoms with E-state index in [2.05, 4.69) is 0 Å². The van der Waals surface area contributed by atoms with Crippen LogP contribution in [0.25, 0.3) is 6.08 Å². The Bertz CT molecular complexity index is 630. The summed E-state index contributed by atoms with van der Waals surface area (Å²) in [4.78, 5) is 12.0. The van der Waals surface area contributed by atoms with Crippen molar-refractivity contribution in [3.63, 3.8) is 0 Å². The van der Waals surface area contributed by atoms with E-state index in [1.54, 1.807) is 6.08 Å². The van der Waals surface area contributed by atoms with Gasteiger partial charge in [0, 0.05) is 9.13 Å². The molecule has 0 saturated heterocycles. The van der Waals surface area contributed by atoms with Crippen LogP contribution in [0.3, 0.4) is 0 Å². The fourth-order valence-corrected chi connectivity index (χ4v) is 2.37. The fourth-order valence-electron chi connectivity index (χ4n) is 1.63. The molecule has 0 atom stereocenters. The van der Waals surface area contributed by atoms with Crippen molar-refractivity contribution in [3.05, 3.63) is 74.6 Å². The predicted octanol–water partition coefficient (Wildman–Crippen LogP) is 4.63. The molecule has 0 aromatic heterocycles. The highest BCUT2D eigenvalue weighted by molar-refractivity contribution is 14.1. The second kappa shape index (κ2) is 6.10. The highest BCUT2D eigenvalue weighted by Gasteiger charge is 2.07. The highest BCUT2D eigenvalue weighted by Crippen LogP contribution is 2.15. The van der Waals surface area contributed by atoms with Crippen LogP contribution in [0, 0.1) is 16.3 Å². The number of benzene rings is 2. The van der Waals surface area contributed by atoms with Crippen LogP contribution >= 0.6 is 22.6 Å². The minimum atomic E-state index is -0.330. The summed E-state index contributed by atoms with van der Waals surface area (Å²) in [6.45, 7) is 2.01. The number of hydrogen-bond acceptors (Lipinski definition) is 1. The molecule has 0 fully saturated rings. The minimum absolute atomic E-state index is 0.120. The van der Waals surface area contributed by atoms with E-state index in [1.807, 2.05) is 53.8 Å². The maximum Gasteiger partial charge on any atom is 0.186 e. The topological polar surface area (TPSA) is 17.1 Å². The van der Waals surface area contributed by atoms with E-state index < -0.39 is 0 Å². The summed E-state index contributed by atoms with van der Waals surface area (Å²) in [5, 5.41) is 0. The van der Waals surface area contributed by atoms with Gasteiger partial charge in [0.15, 0.2) is 5.78 Å². The molecule has 2 aromatic carbocycles. The quantitative estimate of drug-likeness (QED) is 0.440. The molecule has 0 spiro atoms. The summed E-state index contributed by atoms with van der Waals surface area (Å²) < 4.78 is 13.6. The lowest BCUT2D eigenvalue weighted by atomic mass is 10.1. The molecule has 2 aromatic rings. The predicted molar refractivity (Wildman–Crippen MR) is 83.7 cm³/mol. The van der Waals surface area contributed by atoms with Crippen molar-refractivity contribution >= 4 is 34.5 Å². The van der Waals surface area contributed by atoms with Gasteiger partial charge in [-0.25, -0.2) is 4.39 Å². The average molecular weight is 366 g/mol. The van der Waals surface area contributed by atoms with Crippen molar-refractivity contribution in [1.29, 1.82) is 0 Å². The van der Waals surface area contributed by atoms with Crippen LogP contribution in [0.15, 0.2) is 48.5 Å². The van der Waals surface area contributed by atoms with Crippen molar-refractivity contribution in [3.8, 4) is 0 Å². The van der Waals surface area contributed by atoms with Crippen LogP contribution in [0.5, 0.6) is 0 Å². The van der Waals surface area contributed by atoms with Crippen LogP contribution in [0.2, 0.25) is 0 Å². The minimum Gasteiger partial charge on any atom is -0.289 e. The van der Waals surface area contributed by atoms with Crippen LogP contribution in [0.4, 0.5) is 4.39 Å². The first kappa shape index (κ1) is 13.9. The van der Waals surface area contributed by atoms with Gasteiger partial charge >= 0.3 is 0 Å². The summed E-state index contributed by atoms with van der Waals surface area (Å²) in [5.74, 6) is -0.451. The number of rotatable bonds is 3. The Labute approximate surface area is 125 Å². The summed E-state index contributed by atoms with van der Waals surface area (Å²) in [7, 11) is 0. The Morgan fingerprint density at radius 2 is 1.84 bits per heavy atom. The Hall–Kier alpha value is -1.49. The average Bonchev–Trinajstić information content (AvgIpc) is 2.37. The second-order valence-electron chi connectivity index (χ2n) is 4.23. The van der Waals surface area contributed by atoms with E-state index in [9.17, 15) is 9.18 Å². The van der Waals surface area contributed by atoms with Gasteiger partial charge in [0.2, 0.25) is 0 Å². The van der Waals surface area contributed by atoms with Crippen molar-refractivity contribution in [2.75, 3.05) is 0 Å². The van der Waals surface area contributed by atoms with Gasteiger partial charge in [0.1, 0.15) is 5.82 Å². The van der Waals surface area contributed by atoms with Crippen LogP contribution in [0.1, 0.15) is 21.5 Å². The maximum atomic E-state index is 13.0. The number of carbonyl (C=O) groups excluding carboxylic acids is 1. The second-order valence-corrected chi connectivity index (χ2v) is 5.39.